The highest BCUT2D eigenvalue weighted by Gasteiger charge is 2.15. The molecule has 0 unspecified atom stereocenters. The molecule has 0 aliphatic rings. The first-order valence-corrected chi connectivity index (χ1v) is 7.05. The normalized spacial score (nSPS) is 10.5. The van der Waals surface area contributed by atoms with Gasteiger partial charge in [-0.1, -0.05) is 24.3 Å². The molecule has 2 aromatic carbocycles. The van der Waals surface area contributed by atoms with Gasteiger partial charge >= 0.3 is 11.8 Å². The van der Waals surface area contributed by atoms with E-state index in [0.717, 1.165) is 11.8 Å². The fraction of sp³-hybridized carbons (Fsp3) is 0.118. The van der Waals surface area contributed by atoms with Gasteiger partial charge in [-0.15, -0.1) is 0 Å². The first-order chi connectivity index (χ1) is 11.5. The van der Waals surface area contributed by atoms with Crippen LogP contribution in [-0.2, 0) is 9.59 Å². The molecular weight excluding hydrogens is 313 g/mol. The summed E-state index contributed by atoms with van der Waals surface area (Å²) in [6.07, 6.45) is 1.12. The molecule has 0 saturated carbocycles. The highest BCUT2D eigenvalue weighted by Crippen LogP contribution is 2.24. The number of amides is 2. The minimum absolute atomic E-state index is 0.193. The van der Waals surface area contributed by atoms with E-state index >= 15 is 0 Å². The van der Waals surface area contributed by atoms with Gasteiger partial charge < -0.3 is 10.1 Å². The lowest BCUT2D eigenvalue weighted by Crippen LogP contribution is -2.32. The van der Waals surface area contributed by atoms with Crippen LogP contribution in [0.5, 0.6) is 5.75 Å². The summed E-state index contributed by atoms with van der Waals surface area (Å²) in [5, 5.41) is 6.01. The predicted molar refractivity (Wildman–Crippen MR) is 88.5 cm³/mol. The van der Waals surface area contributed by atoms with E-state index in [1.54, 1.807) is 18.2 Å². The van der Waals surface area contributed by atoms with Gasteiger partial charge in [-0.25, -0.2) is 9.82 Å². The van der Waals surface area contributed by atoms with Crippen LogP contribution in [0.3, 0.4) is 0 Å². The maximum absolute atomic E-state index is 13.4. The zero-order valence-corrected chi connectivity index (χ0v) is 13.2. The van der Waals surface area contributed by atoms with Gasteiger partial charge in [0.25, 0.3) is 0 Å². The Bertz CT molecular complexity index is 790. The Hall–Kier alpha value is -3.22. The van der Waals surface area contributed by atoms with E-state index in [1.807, 2.05) is 18.4 Å². The maximum Gasteiger partial charge on any atom is 0.329 e. The highest BCUT2D eigenvalue weighted by atomic mass is 19.1. The molecule has 0 aliphatic carbocycles. The van der Waals surface area contributed by atoms with E-state index in [2.05, 4.69) is 10.4 Å². The number of hydrazone groups is 1. The summed E-state index contributed by atoms with van der Waals surface area (Å²) >= 11 is 0. The number of carbonyl (C=O) groups excluding carboxylic acids is 2. The molecule has 24 heavy (non-hydrogen) atoms. The van der Waals surface area contributed by atoms with E-state index in [1.165, 1.54) is 25.3 Å². The van der Waals surface area contributed by atoms with Crippen molar-refractivity contribution in [2.75, 3.05) is 12.4 Å². The Balaban J connectivity index is 1.99. The fourth-order valence-electron chi connectivity index (χ4n) is 1.89. The third kappa shape index (κ3) is 4.39. The first-order valence-electron chi connectivity index (χ1n) is 7.05. The second-order valence-electron chi connectivity index (χ2n) is 4.88. The minimum atomic E-state index is -0.980. The third-order valence-electron chi connectivity index (χ3n) is 3.08. The number of halogens is 1. The van der Waals surface area contributed by atoms with E-state index in [-0.39, 0.29) is 5.56 Å². The van der Waals surface area contributed by atoms with Crippen LogP contribution in [0, 0.1) is 12.7 Å². The standard InChI is InChI=1S/C17H16FN3O3/c1-11-7-8-15(24-2)14(9-11)20-16(22)17(23)21-19-10-12-5-3-4-6-13(12)18/h3-10H,1-2H3,(H,20,22)(H,21,23)/b19-10-. The first kappa shape index (κ1) is 17.1. The predicted octanol–water partition coefficient (Wildman–Crippen LogP) is 2.23. The van der Waals surface area contributed by atoms with Crippen molar-refractivity contribution < 1.29 is 18.7 Å². The zero-order chi connectivity index (χ0) is 17.5. The molecule has 0 bridgehead atoms. The SMILES string of the molecule is COc1ccc(C)cc1NC(=O)C(=O)N/N=C\c1ccccc1F. The molecule has 0 fully saturated rings. The van der Waals surface area contributed by atoms with Crippen molar-refractivity contribution in [1.82, 2.24) is 5.43 Å². The molecule has 0 heterocycles. The van der Waals surface area contributed by atoms with Gasteiger partial charge in [-0.05, 0) is 30.7 Å². The number of benzene rings is 2. The number of nitrogens with zero attached hydrogens (tertiary/aromatic N) is 1. The van der Waals surface area contributed by atoms with Crippen LogP contribution in [0.2, 0.25) is 0 Å². The minimum Gasteiger partial charge on any atom is -0.495 e. The van der Waals surface area contributed by atoms with Crippen LogP contribution in [-0.4, -0.2) is 25.1 Å². The molecular formula is C17H16FN3O3. The van der Waals surface area contributed by atoms with Crippen LogP contribution < -0.4 is 15.5 Å². The largest absolute Gasteiger partial charge is 0.495 e. The number of hydrogen-bond donors (Lipinski definition) is 2. The fourth-order valence-corrected chi connectivity index (χ4v) is 1.89. The Morgan fingerprint density at radius 3 is 2.62 bits per heavy atom. The van der Waals surface area contributed by atoms with Crippen molar-refractivity contribution >= 4 is 23.7 Å². The summed E-state index contributed by atoms with van der Waals surface area (Å²) in [6.45, 7) is 1.84. The van der Waals surface area contributed by atoms with Crippen LogP contribution in [0.15, 0.2) is 47.6 Å². The number of hydrogen-bond acceptors (Lipinski definition) is 4. The molecule has 124 valence electrons. The summed E-state index contributed by atoms with van der Waals surface area (Å²) in [5.74, 6) is -1.95. The zero-order valence-electron chi connectivity index (χ0n) is 13.2. The highest BCUT2D eigenvalue weighted by molar-refractivity contribution is 6.39. The number of aryl methyl sites for hydroxylation is 1. The summed E-state index contributed by atoms with van der Waals surface area (Å²) in [4.78, 5) is 23.6. The summed E-state index contributed by atoms with van der Waals surface area (Å²) in [7, 11) is 1.46. The summed E-state index contributed by atoms with van der Waals surface area (Å²) in [5.41, 5.74) is 3.50. The molecule has 0 saturated heterocycles. The summed E-state index contributed by atoms with van der Waals surface area (Å²) < 4.78 is 18.5. The molecule has 0 radical (unpaired) electrons. The van der Waals surface area contributed by atoms with Gasteiger partial charge in [0.15, 0.2) is 0 Å². The lowest BCUT2D eigenvalue weighted by molar-refractivity contribution is -0.136. The average molecular weight is 329 g/mol. The van der Waals surface area contributed by atoms with Crippen LogP contribution in [0.4, 0.5) is 10.1 Å². The molecule has 7 heteroatoms. The molecule has 2 rings (SSSR count). The van der Waals surface area contributed by atoms with Crippen molar-refractivity contribution in [3.63, 3.8) is 0 Å². The second kappa shape index (κ2) is 7.87. The molecule has 2 N–H and O–H groups in total. The van der Waals surface area contributed by atoms with Crippen molar-refractivity contribution in [2.24, 2.45) is 5.10 Å². The monoisotopic (exact) mass is 329 g/mol. The number of nitrogens with one attached hydrogen (secondary N) is 2. The van der Waals surface area contributed by atoms with Gasteiger partial charge in [-0.3, -0.25) is 9.59 Å². The summed E-state index contributed by atoms with van der Waals surface area (Å²) in [6, 6.07) is 11.1. The number of rotatable bonds is 4. The van der Waals surface area contributed by atoms with Crippen LogP contribution >= 0.6 is 0 Å². The third-order valence-corrected chi connectivity index (χ3v) is 3.08. The Labute approximate surface area is 138 Å². The van der Waals surface area contributed by atoms with Gasteiger partial charge in [0.1, 0.15) is 11.6 Å². The molecule has 0 aliphatic heterocycles. The van der Waals surface area contributed by atoms with Gasteiger partial charge in [0.05, 0.1) is 19.0 Å². The maximum atomic E-state index is 13.4. The molecule has 2 aromatic rings. The van der Waals surface area contributed by atoms with Gasteiger partial charge in [-0.2, -0.15) is 5.10 Å². The number of methoxy groups -OCH3 is 1. The van der Waals surface area contributed by atoms with Crippen molar-refractivity contribution in [3.8, 4) is 5.75 Å². The average Bonchev–Trinajstić information content (AvgIpc) is 2.56. The topological polar surface area (TPSA) is 79.8 Å². The van der Waals surface area contributed by atoms with Crippen molar-refractivity contribution in [3.05, 3.63) is 59.4 Å². The number of anilines is 1. The van der Waals surface area contributed by atoms with E-state index in [9.17, 15) is 14.0 Å². The quantitative estimate of drug-likeness (QED) is 0.513. The number of ether oxygens (including phenoxy) is 1. The Kier molecular flexibility index (Phi) is 5.62. The van der Waals surface area contributed by atoms with Crippen LogP contribution in [0.1, 0.15) is 11.1 Å². The Morgan fingerprint density at radius 1 is 1.17 bits per heavy atom. The molecule has 2 amide bonds. The van der Waals surface area contributed by atoms with Gasteiger partial charge in [0, 0.05) is 5.56 Å². The van der Waals surface area contributed by atoms with E-state index in [4.69, 9.17) is 4.74 Å². The molecule has 0 spiro atoms. The molecule has 0 aromatic heterocycles. The van der Waals surface area contributed by atoms with Gasteiger partial charge in [0.2, 0.25) is 0 Å². The number of carbonyl (C=O) groups is 2. The van der Waals surface area contributed by atoms with E-state index < -0.39 is 17.6 Å². The van der Waals surface area contributed by atoms with Crippen molar-refractivity contribution in [2.45, 2.75) is 6.92 Å². The van der Waals surface area contributed by atoms with E-state index in [0.29, 0.717) is 11.4 Å². The molecule has 0 atom stereocenters. The Morgan fingerprint density at radius 2 is 1.92 bits per heavy atom. The smallest absolute Gasteiger partial charge is 0.329 e. The lowest BCUT2D eigenvalue weighted by atomic mass is 10.2. The second-order valence-corrected chi connectivity index (χ2v) is 4.88. The van der Waals surface area contributed by atoms with Crippen molar-refractivity contribution in [1.29, 1.82) is 0 Å². The van der Waals surface area contributed by atoms with Crippen LogP contribution in [0.25, 0.3) is 0 Å². The molecule has 6 nitrogen and oxygen atoms in total. The lowest BCUT2D eigenvalue weighted by Gasteiger charge is -2.10.